The maximum atomic E-state index is 11.0. The summed E-state index contributed by atoms with van der Waals surface area (Å²) in [7, 11) is 0.112. The summed E-state index contributed by atoms with van der Waals surface area (Å²) in [5.74, 6) is 1.80. The van der Waals surface area contributed by atoms with Gasteiger partial charge in [-0.1, -0.05) is 57.2 Å². The van der Waals surface area contributed by atoms with Gasteiger partial charge in [-0.25, -0.2) is 0 Å². The third-order valence-electron chi connectivity index (χ3n) is 6.72. The van der Waals surface area contributed by atoms with Gasteiger partial charge in [-0.3, -0.25) is 4.18 Å². The summed E-state index contributed by atoms with van der Waals surface area (Å²) in [6, 6.07) is 15.0. The molecule has 0 bridgehead atoms. The molecular weight excluding hydrogens is 468 g/mol. The molecule has 0 saturated heterocycles. The highest BCUT2D eigenvalue weighted by molar-refractivity contribution is 8.00. The van der Waals surface area contributed by atoms with Crippen LogP contribution >= 0.6 is 11.8 Å². The number of fused-ring (bicyclic) bond motifs is 1. The molecule has 7 heteroatoms. The van der Waals surface area contributed by atoms with Crippen molar-refractivity contribution in [3.05, 3.63) is 53.6 Å². The van der Waals surface area contributed by atoms with Crippen LogP contribution in [0.15, 0.2) is 47.4 Å². The molecule has 0 radical (unpaired) electrons. The van der Waals surface area contributed by atoms with Gasteiger partial charge in [0.25, 0.3) is 10.1 Å². The Morgan fingerprint density at radius 2 is 1.53 bits per heavy atom. The molecule has 0 N–H and O–H groups in total. The Bertz CT molecular complexity index is 1020. The lowest BCUT2D eigenvalue weighted by Crippen LogP contribution is -2.39. The summed E-state index contributed by atoms with van der Waals surface area (Å²) in [5.41, 5.74) is 2.79. The van der Waals surface area contributed by atoms with Gasteiger partial charge >= 0.3 is 0 Å². The van der Waals surface area contributed by atoms with Crippen LogP contribution in [0.25, 0.3) is 0 Å². The van der Waals surface area contributed by atoms with Crippen molar-refractivity contribution in [3.63, 3.8) is 0 Å². The Labute approximate surface area is 209 Å². The molecule has 34 heavy (non-hydrogen) atoms. The van der Waals surface area contributed by atoms with Crippen LogP contribution in [0.4, 0.5) is 0 Å². The molecule has 2 aromatic rings. The zero-order chi connectivity index (χ0) is 24.6. The van der Waals surface area contributed by atoms with Crippen molar-refractivity contribution in [2.24, 2.45) is 0 Å². The minimum Gasteiger partial charge on any atom is -0.497 e. The molecule has 0 fully saturated rings. The van der Waals surface area contributed by atoms with Gasteiger partial charge in [-0.15, -0.1) is 11.8 Å². The maximum absolute atomic E-state index is 11.0. The third-order valence-corrected chi connectivity index (χ3v) is 8.99. The maximum Gasteiger partial charge on any atom is 0.264 e. The highest BCUT2D eigenvalue weighted by atomic mass is 32.2. The number of thioether (sulfide) groups is 1. The first-order chi connectivity index (χ1) is 16.2. The summed E-state index contributed by atoms with van der Waals surface area (Å²) in [5, 5.41) is 0.476. The average molecular weight is 507 g/mol. The van der Waals surface area contributed by atoms with Gasteiger partial charge in [-0.2, -0.15) is 8.42 Å². The Hall–Kier alpha value is -1.70. The monoisotopic (exact) mass is 506 g/mol. The summed E-state index contributed by atoms with van der Waals surface area (Å²) < 4.78 is 37.7. The smallest absolute Gasteiger partial charge is 0.264 e. The highest BCUT2D eigenvalue weighted by Gasteiger charge is 2.40. The summed E-state index contributed by atoms with van der Waals surface area (Å²) >= 11 is 1.99. The van der Waals surface area contributed by atoms with E-state index in [2.05, 4.69) is 49.4 Å². The SMILES string of the molecule is COc1ccc(C2(C)Cc3ccc(OC)cc3SC2CCCCCCCCOS(C)(=O)=O)cc1. The fourth-order valence-corrected chi connectivity index (χ4v) is 6.66. The molecule has 0 aromatic heterocycles. The first kappa shape index (κ1) is 26.9. The zero-order valence-corrected chi connectivity index (χ0v) is 22.5. The number of ether oxygens (including phenoxy) is 2. The lowest BCUT2D eigenvalue weighted by Gasteiger charge is -2.42. The molecule has 0 saturated carbocycles. The molecule has 0 amide bonds. The predicted molar refractivity (Wildman–Crippen MR) is 140 cm³/mol. The standard InChI is InChI=1S/C27H38O5S2/c1-27(22-13-16-23(30-2)17-14-22)20-21-12-15-24(31-3)19-25(21)33-26(27)11-9-7-5-6-8-10-18-32-34(4,28)29/h12-17,19,26H,5-11,18,20H2,1-4H3. The largest absolute Gasteiger partial charge is 0.497 e. The van der Waals surface area contributed by atoms with Crippen molar-refractivity contribution < 1.29 is 22.1 Å². The molecule has 0 aliphatic carbocycles. The van der Waals surface area contributed by atoms with E-state index in [4.69, 9.17) is 13.7 Å². The summed E-state index contributed by atoms with van der Waals surface area (Å²) in [4.78, 5) is 1.33. The molecule has 188 valence electrons. The van der Waals surface area contributed by atoms with Gasteiger partial charge in [0.05, 0.1) is 27.1 Å². The number of unbranched alkanes of at least 4 members (excludes halogenated alkanes) is 5. The Kier molecular flexibility index (Phi) is 9.74. The number of methoxy groups -OCH3 is 2. The normalized spacial score (nSPS) is 20.1. The number of rotatable bonds is 13. The number of hydrogen-bond donors (Lipinski definition) is 0. The van der Waals surface area contributed by atoms with Crippen molar-refractivity contribution in [1.82, 2.24) is 0 Å². The van der Waals surface area contributed by atoms with Crippen molar-refractivity contribution in [1.29, 1.82) is 0 Å². The lowest BCUT2D eigenvalue weighted by molar-refractivity contribution is 0.309. The highest BCUT2D eigenvalue weighted by Crippen LogP contribution is 2.50. The average Bonchev–Trinajstić information content (AvgIpc) is 2.82. The van der Waals surface area contributed by atoms with Gasteiger partial charge in [0.2, 0.25) is 0 Å². The molecule has 3 rings (SSSR count). The van der Waals surface area contributed by atoms with E-state index in [1.54, 1.807) is 14.2 Å². The van der Waals surface area contributed by atoms with Gasteiger partial charge in [-0.05, 0) is 54.7 Å². The summed E-state index contributed by atoms with van der Waals surface area (Å²) in [6.45, 7) is 2.70. The van der Waals surface area contributed by atoms with Crippen molar-refractivity contribution in [2.75, 3.05) is 27.1 Å². The Balaban J connectivity index is 1.60. The molecule has 0 spiro atoms. The summed E-state index contributed by atoms with van der Waals surface area (Å²) in [6.07, 6.45) is 9.71. The van der Waals surface area contributed by atoms with E-state index in [1.165, 1.54) is 35.3 Å². The molecule has 1 aliphatic rings. The molecule has 1 heterocycles. The molecule has 2 atom stereocenters. The second-order valence-electron chi connectivity index (χ2n) is 9.34. The Morgan fingerprint density at radius 3 is 2.18 bits per heavy atom. The second-order valence-corrected chi connectivity index (χ2v) is 12.2. The van der Waals surface area contributed by atoms with Gasteiger partial charge in [0, 0.05) is 15.6 Å². The Morgan fingerprint density at radius 1 is 0.912 bits per heavy atom. The minimum absolute atomic E-state index is 0.0432. The second kappa shape index (κ2) is 12.3. The van der Waals surface area contributed by atoms with Gasteiger partial charge in [0.15, 0.2) is 0 Å². The topological polar surface area (TPSA) is 61.8 Å². The van der Waals surface area contributed by atoms with E-state index in [0.29, 0.717) is 11.9 Å². The molecular formula is C27H38O5S2. The van der Waals surface area contributed by atoms with Gasteiger partial charge in [0.1, 0.15) is 11.5 Å². The van der Waals surface area contributed by atoms with E-state index >= 15 is 0 Å². The molecule has 2 unspecified atom stereocenters. The van der Waals surface area contributed by atoms with Crippen molar-refractivity contribution in [2.45, 2.75) is 73.9 Å². The number of benzene rings is 2. The first-order valence-electron chi connectivity index (χ1n) is 12.1. The lowest BCUT2D eigenvalue weighted by atomic mass is 9.72. The van der Waals surface area contributed by atoms with Crippen LogP contribution in [-0.4, -0.2) is 40.7 Å². The van der Waals surface area contributed by atoms with Crippen LogP contribution in [0, 0.1) is 0 Å². The number of hydrogen-bond acceptors (Lipinski definition) is 6. The quantitative estimate of drug-likeness (QED) is 0.232. The first-order valence-corrected chi connectivity index (χ1v) is 14.8. The molecule has 1 aliphatic heterocycles. The fraction of sp³-hybridized carbons (Fsp3) is 0.556. The zero-order valence-electron chi connectivity index (χ0n) is 20.8. The van der Waals surface area contributed by atoms with Crippen molar-refractivity contribution in [3.8, 4) is 11.5 Å². The van der Waals surface area contributed by atoms with E-state index in [9.17, 15) is 8.42 Å². The van der Waals surface area contributed by atoms with E-state index in [-0.39, 0.29) is 5.41 Å². The molecule has 5 nitrogen and oxygen atoms in total. The predicted octanol–water partition coefficient (Wildman–Crippen LogP) is 6.39. The van der Waals surface area contributed by atoms with E-state index in [1.807, 2.05) is 11.8 Å². The van der Waals surface area contributed by atoms with E-state index < -0.39 is 10.1 Å². The molecule has 2 aromatic carbocycles. The van der Waals surface area contributed by atoms with Crippen LogP contribution in [0.3, 0.4) is 0 Å². The van der Waals surface area contributed by atoms with Gasteiger partial charge < -0.3 is 9.47 Å². The van der Waals surface area contributed by atoms with Crippen molar-refractivity contribution >= 4 is 21.9 Å². The van der Waals surface area contributed by atoms with Crippen LogP contribution in [0.5, 0.6) is 11.5 Å². The minimum atomic E-state index is -3.32. The third kappa shape index (κ3) is 7.40. The van der Waals surface area contributed by atoms with Crippen LogP contribution < -0.4 is 9.47 Å². The van der Waals surface area contributed by atoms with E-state index in [0.717, 1.165) is 49.9 Å². The van der Waals surface area contributed by atoms with Crippen LogP contribution in [0.1, 0.15) is 63.0 Å². The van der Waals surface area contributed by atoms with Crippen LogP contribution in [-0.2, 0) is 26.1 Å². The fourth-order valence-electron chi connectivity index (χ4n) is 4.70. The van der Waals surface area contributed by atoms with Crippen LogP contribution in [0.2, 0.25) is 0 Å².